The Kier molecular flexibility index (Phi) is 11.0. The molecular weight excluding hydrogens is 622 g/mol. The molecular formula is C29H32ClNO8S3. The van der Waals surface area contributed by atoms with Gasteiger partial charge in [0.15, 0.2) is 5.78 Å². The molecule has 1 aromatic heterocycles. The largest absolute Gasteiger partial charge is 0.492 e. The first-order valence-corrected chi connectivity index (χ1v) is 17.3. The average molecular weight is 654 g/mol. The summed E-state index contributed by atoms with van der Waals surface area (Å²) < 4.78 is 62.9. The van der Waals surface area contributed by atoms with Crippen LogP contribution in [0.4, 0.5) is 0 Å². The van der Waals surface area contributed by atoms with Crippen LogP contribution in [0.5, 0.6) is 17.2 Å². The molecule has 0 bridgehead atoms. The van der Waals surface area contributed by atoms with E-state index in [0.29, 0.717) is 44.0 Å². The molecule has 0 N–H and O–H groups in total. The summed E-state index contributed by atoms with van der Waals surface area (Å²) in [6, 6.07) is 18.1. The van der Waals surface area contributed by atoms with E-state index in [9.17, 15) is 21.6 Å². The van der Waals surface area contributed by atoms with Crippen molar-refractivity contribution in [3.05, 3.63) is 77.9 Å². The molecule has 0 saturated heterocycles. The van der Waals surface area contributed by atoms with Gasteiger partial charge in [-0.05, 0) is 85.4 Å². The fraction of sp³-hybridized carbons (Fsp3) is 0.276. The van der Waals surface area contributed by atoms with E-state index in [4.69, 9.17) is 13.1 Å². The molecule has 0 aliphatic carbocycles. The van der Waals surface area contributed by atoms with Crippen LogP contribution in [0.25, 0.3) is 20.5 Å². The molecule has 0 fully saturated rings. The van der Waals surface area contributed by atoms with E-state index in [1.807, 2.05) is 0 Å². The molecule has 0 unspecified atom stereocenters. The van der Waals surface area contributed by atoms with Crippen LogP contribution in [0.3, 0.4) is 0 Å². The third-order valence-electron chi connectivity index (χ3n) is 6.19. The molecule has 3 aromatic carbocycles. The Balaban J connectivity index is 0.00000484. The molecule has 0 aliphatic rings. The number of carbonyl (C=O) groups is 1. The van der Waals surface area contributed by atoms with Gasteiger partial charge in [0.1, 0.15) is 23.9 Å². The van der Waals surface area contributed by atoms with Crippen LogP contribution in [-0.4, -0.2) is 66.3 Å². The minimum Gasteiger partial charge on any atom is -0.492 e. The van der Waals surface area contributed by atoms with E-state index < -0.39 is 20.2 Å². The lowest BCUT2D eigenvalue weighted by Crippen LogP contribution is -2.27. The van der Waals surface area contributed by atoms with Crippen LogP contribution in [0.2, 0.25) is 0 Å². The van der Waals surface area contributed by atoms with Crippen molar-refractivity contribution in [3.63, 3.8) is 0 Å². The monoisotopic (exact) mass is 653 g/mol. The summed E-state index contributed by atoms with van der Waals surface area (Å²) in [5.74, 6) is 0.711. The maximum absolute atomic E-state index is 13.9. The maximum atomic E-state index is 13.9. The summed E-state index contributed by atoms with van der Waals surface area (Å²) in [6.07, 6.45) is 1.92. The second-order valence-corrected chi connectivity index (χ2v) is 13.5. The number of rotatable bonds is 13. The van der Waals surface area contributed by atoms with Gasteiger partial charge in [0, 0.05) is 32.6 Å². The normalized spacial score (nSPS) is 11.7. The van der Waals surface area contributed by atoms with E-state index in [0.717, 1.165) is 32.1 Å². The molecule has 0 amide bonds. The number of nitrogens with zero attached hydrogens (tertiary/aromatic N) is 1. The first kappa shape index (κ1) is 33.3. The van der Waals surface area contributed by atoms with Gasteiger partial charge < -0.3 is 18.0 Å². The standard InChI is InChI=1S/C29H31NO8S3.ClH/c1-5-30(6-2)17-18-36-22-11-7-20(8-12-22)28(31)27-25-16-15-24(38-41(4,34)35)19-26(25)39-29(27)21-9-13-23(14-10-21)37-40(3,32)33;/h7-16,19H,5-6,17-18H2,1-4H3;1H. The van der Waals surface area contributed by atoms with Crippen LogP contribution < -0.4 is 13.1 Å². The minimum atomic E-state index is -3.74. The van der Waals surface area contributed by atoms with E-state index >= 15 is 0 Å². The topological polar surface area (TPSA) is 116 Å². The molecule has 13 heteroatoms. The lowest BCUT2D eigenvalue weighted by atomic mass is 9.97. The fourth-order valence-electron chi connectivity index (χ4n) is 4.25. The summed E-state index contributed by atoms with van der Waals surface area (Å²) >= 11 is 1.30. The lowest BCUT2D eigenvalue weighted by Gasteiger charge is -2.18. The molecule has 0 atom stereocenters. The van der Waals surface area contributed by atoms with E-state index in [1.165, 1.54) is 29.5 Å². The second kappa shape index (κ2) is 13.9. The molecule has 42 heavy (non-hydrogen) atoms. The van der Waals surface area contributed by atoms with Crippen LogP contribution >= 0.6 is 23.7 Å². The lowest BCUT2D eigenvalue weighted by molar-refractivity contribution is 0.104. The number of likely N-dealkylation sites (N-methyl/N-ethyl adjacent to an activating group) is 1. The highest BCUT2D eigenvalue weighted by Crippen LogP contribution is 2.42. The quantitative estimate of drug-likeness (QED) is 0.134. The van der Waals surface area contributed by atoms with Crippen molar-refractivity contribution in [2.75, 3.05) is 38.8 Å². The van der Waals surface area contributed by atoms with Gasteiger partial charge in [0.2, 0.25) is 0 Å². The van der Waals surface area contributed by atoms with Gasteiger partial charge in [0.25, 0.3) is 0 Å². The van der Waals surface area contributed by atoms with Gasteiger partial charge in [-0.15, -0.1) is 23.7 Å². The fourth-order valence-corrected chi connectivity index (χ4v) is 6.40. The van der Waals surface area contributed by atoms with Crippen LogP contribution in [0.15, 0.2) is 66.7 Å². The highest BCUT2D eigenvalue weighted by atomic mass is 35.5. The predicted octanol–water partition coefficient (Wildman–Crippen LogP) is 5.62. The van der Waals surface area contributed by atoms with Crippen molar-refractivity contribution >= 4 is 59.8 Å². The molecule has 9 nitrogen and oxygen atoms in total. The summed E-state index contributed by atoms with van der Waals surface area (Å²) in [7, 11) is -7.44. The van der Waals surface area contributed by atoms with Crippen molar-refractivity contribution in [2.45, 2.75) is 13.8 Å². The SMILES string of the molecule is CCN(CC)CCOc1ccc(C(=O)c2c(-c3ccc(OS(C)(=O)=O)cc3)sc3cc(OS(C)(=O)=O)ccc23)cc1.Cl. The Bertz CT molecular complexity index is 1750. The second-order valence-electron chi connectivity index (χ2n) is 9.29. The summed E-state index contributed by atoms with van der Waals surface area (Å²) in [5, 5.41) is 0.631. The average Bonchev–Trinajstić information content (AvgIpc) is 3.28. The Morgan fingerprint density at radius 2 is 1.33 bits per heavy atom. The number of carbonyl (C=O) groups excluding carboxylic acids is 1. The van der Waals surface area contributed by atoms with Gasteiger partial charge in [-0.3, -0.25) is 4.79 Å². The highest BCUT2D eigenvalue weighted by molar-refractivity contribution is 7.86. The third-order valence-corrected chi connectivity index (χ3v) is 8.38. The number of thiophene rings is 1. The predicted molar refractivity (Wildman–Crippen MR) is 169 cm³/mol. The van der Waals surface area contributed by atoms with Crippen LogP contribution in [0, 0.1) is 0 Å². The molecule has 4 rings (SSSR count). The van der Waals surface area contributed by atoms with Crippen LogP contribution in [0.1, 0.15) is 29.8 Å². The van der Waals surface area contributed by atoms with Gasteiger partial charge in [-0.25, -0.2) is 0 Å². The van der Waals surface area contributed by atoms with E-state index in [1.54, 1.807) is 48.5 Å². The zero-order chi connectivity index (χ0) is 29.8. The minimum absolute atomic E-state index is 0. The number of hydrogen-bond acceptors (Lipinski definition) is 10. The summed E-state index contributed by atoms with van der Waals surface area (Å²) in [4.78, 5) is 16.8. The molecule has 0 aliphatic heterocycles. The highest BCUT2D eigenvalue weighted by Gasteiger charge is 2.23. The van der Waals surface area contributed by atoms with Gasteiger partial charge in [-0.1, -0.05) is 13.8 Å². The Morgan fingerprint density at radius 1 is 0.786 bits per heavy atom. The molecule has 0 saturated carbocycles. The van der Waals surface area contributed by atoms with E-state index in [-0.39, 0.29) is 29.7 Å². The number of fused-ring (bicyclic) bond motifs is 1. The van der Waals surface area contributed by atoms with Crippen LogP contribution in [-0.2, 0) is 20.2 Å². The number of ether oxygens (including phenoxy) is 1. The smallest absolute Gasteiger partial charge is 0.306 e. The molecule has 0 spiro atoms. The van der Waals surface area contributed by atoms with Crippen molar-refractivity contribution < 1.29 is 34.7 Å². The van der Waals surface area contributed by atoms with E-state index in [2.05, 4.69) is 18.7 Å². The number of halogens is 1. The number of benzene rings is 3. The van der Waals surface area contributed by atoms with Gasteiger partial charge in [0.05, 0.1) is 12.5 Å². The zero-order valence-electron chi connectivity index (χ0n) is 23.5. The Hall–Kier alpha value is -3.16. The summed E-state index contributed by atoms with van der Waals surface area (Å²) in [5.41, 5.74) is 1.55. The third kappa shape index (κ3) is 8.68. The van der Waals surface area contributed by atoms with Gasteiger partial charge in [-0.2, -0.15) is 16.8 Å². The first-order chi connectivity index (χ1) is 19.4. The number of hydrogen-bond donors (Lipinski definition) is 0. The van der Waals surface area contributed by atoms with Gasteiger partial charge >= 0.3 is 20.2 Å². The van der Waals surface area contributed by atoms with Crippen molar-refractivity contribution in [3.8, 4) is 27.7 Å². The zero-order valence-corrected chi connectivity index (χ0v) is 26.8. The molecule has 1 heterocycles. The maximum Gasteiger partial charge on any atom is 0.306 e. The van der Waals surface area contributed by atoms with Crippen molar-refractivity contribution in [2.24, 2.45) is 0 Å². The number of ketones is 1. The van der Waals surface area contributed by atoms with Crippen molar-refractivity contribution in [1.82, 2.24) is 4.90 Å². The molecule has 226 valence electrons. The molecule has 4 aromatic rings. The summed E-state index contributed by atoms with van der Waals surface area (Å²) in [6.45, 7) is 7.43. The first-order valence-electron chi connectivity index (χ1n) is 12.8. The Morgan fingerprint density at radius 3 is 1.90 bits per heavy atom. The molecule has 0 radical (unpaired) electrons. The Labute approximate surface area is 256 Å². The van der Waals surface area contributed by atoms with Crippen molar-refractivity contribution in [1.29, 1.82) is 0 Å².